The van der Waals surface area contributed by atoms with E-state index in [-0.39, 0.29) is 5.91 Å². The van der Waals surface area contributed by atoms with E-state index in [4.69, 9.17) is 21.1 Å². The van der Waals surface area contributed by atoms with Crippen LogP contribution in [0.4, 0.5) is 15.6 Å². The number of aryl methyl sites for hydroxylation is 1. The third-order valence-electron chi connectivity index (χ3n) is 5.23. The number of hydrogen-bond acceptors (Lipinski definition) is 6. The Balaban J connectivity index is 1.41. The Bertz CT molecular complexity index is 1390. The van der Waals surface area contributed by atoms with Crippen LogP contribution in [0.25, 0.3) is 10.2 Å². The molecule has 0 spiro atoms. The highest BCUT2D eigenvalue weighted by atomic mass is 35.5. The van der Waals surface area contributed by atoms with Gasteiger partial charge in [0.25, 0.3) is 5.91 Å². The smallest absolute Gasteiger partial charge is 0.321 e. The van der Waals surface area contributed by atoms with Crippen molar-refractivity contribution in [1.82, 2.24) is 10.3 Å². The Morgan fingerprint density at radius 1 is 1.00 bits per heavy atom. The molecule has 0 saturated carbocycles. The molecule has 0 atom stereocenters. The lowest BCUT2D eigenvalue weighted by Crippen LogP contribution is -2.28. The maximum atomic E-state index is 12.8. The second-order valence-corrected chi connectivity index (χ2v) is 9.02. The predicted molar refractivity (Wildman–Crippen MR) is 139 cm³/mol. The van der Waals surface area contributed by atoms with Gasteiger partial charge in [0.2, 0.25) is 0 Å². The van der Waals surface area contributed by atoms with Gasteiger partial charge in [0.05, 0.1) is 35.1 Å². The van der Waals surface area contributed by atoms with Crippen molar-refractivity contribution in [3.05, 3.63) is 76.3 Å². The highest BCUT2D eigenvalue weighted by molar-refractivity contribution is 7.22. The van der Waals surface area contributed by atoms with Crippen molar-refractivity contribution in [2.75, 3.05) is 24.9 Å². The van der Waals surface area contributed by atoms with Gasteiger partial charge in [-0.25, -0.2) is 9.78 Å². The minimum absolute atomic E-state index is 0.279. The minimum atomic E-state index is -0.397. The lowest BCUT2D eigenvalue weighted by Gasteiger charge is -2.10. The maximum absolute atomic E-state index is 12.8. The van der Waals surface area contributed by atoms with Gasteiger partial charge in [-0.2, -0.15) is 0 Å². The number of halogens is 1. The predicted octanol–water partition coefficient (Wildman–Crippen LogP) is 5.85. The normalized spacial score (nSPS) is 10.6. The molecule has 180 valence electrons. The molecular weight excluding hydrogens is 488 g/mol. The number of ether oxygens (including phenoxy) is 2. The molecule has 8 nitrogen and oxygen atoms in total. The fraction of sp³-hybridized carbons (Fsp3) is 0.160. The number of urea groups is 1. The molecule has 35 heavy (non-hydrogen) atoms. The van der Waals surface area contributed by atoms with Gasteiger partial charge in [-0.15, -0.1) is 0 Å². The Morgan fingerprint density at radius 2 is 1.80 bits per heavy atom. The van der Waals surface area contributed by atoms with Crippen LogP contribution >= 0.6 is 22.9 Å². The summed E-state index contributed by atoms with van der Waals surface area (Å²) in [6.45, 7) is 2.17. The Labute approximate surface area is 211 Å². The standard InChI is InChI=1S/C25H23ClN4O4S/c1-14-5-4-6-17(26)22(14)29-23(31)16-8-9-18-21(12-16)35-25(28-18)30-24(32)27-13-15-7-10-19(33-2)20(11-15)34-3/h4-12H,13H2,1-3H3,(H,29,31)(H2,27,28,30,32). The first-order chi connectivity index (χ1) is 16.9. The molecule has 1 heterocycles. The number of aromatic nitrogens is 1. The van der Waals surface area contributed by atoms with E-state index in [1.54, 1.807) is 50.6 Å². The summed E-state index contributed by atoms with van der Waals surface area (Å²) in [5, 5.41) is 9.29. The lowest BCUT2D eigenvalue weighted by atomic mass is 10.1. The molecule has 4 rings (SSSR count). The summed E-state index contributed by atoms with van der Waals surface area (Å²) in [6.07, 6.45) is 0. The molecule has 0 aliphatic carbocycles. The number of methoxy groups -OCH3 is 2. The van der Waals surface area contributed by atoms with Crippen LogP contribution in [0.5, 0.6) is 11.5 Å². The molecule has 4 aromatic rings. The molecule has 0 aliphatic rings. The van der Waals surface area contributed by atoms with Crippen LogP contribution in [0.15, 0.2) is 54.6 Å². The van der Waals surface area contributed by atoms with Crippen molar-refractivity contribution < 1.29 is 19.1 Å². The van der Waals surface area contributed by atoms with Crippen molar-refractivity contribution in [2.24, 2.45) is 0 Å². The maximum Gasteiger partial charge on any atom is 0.321 e. The average Bonchev–Trinajstić information content (AvgIpc) is 3.26. The van der Waals surface area contributed by atoms with Gasteiger partial charge in [-0.3, -0.25) is 10.1 Å². The number of thiazole rings is 1. The molecule has 3 N–H and O–H groups in total. The van der Waals surface area contributed by atoms with Crippen LogP contribution in [-0.4, -0.2) is 31.1 Å². The van der Waals surface area contributed by atoms with Crippen LogP contribution in [0, 0.1) is 6.92 Å². The molecular formula is C25H23ClN4O4S. The number of benzene rings is 3. The summed E-state index contributed by atoms with van der Waals surface area (Å²) in [6, 6.07) is 15.6. The number of fused-ring (bicyclic) bond motifs is 1. The van der Waals surface area contributed by atoms with Gasteiger partial charge in [0.15, 0.2) is 16.6 Å². The van der Waals surface area contributed by atoms with E-state index in [1.165, 1.54) is 11.3 Å². The largest absolute Gasteiger partial charge is 0.493 e. The first kappa shape index (κ1) is 24.3. The lowest BCUT2D eigenvalue weighted by molar-refractivity contribution is 0.102. The van der Waals surface area contributed by atoms with Gasteiger partial charge in [0.1, 0.15) is 0 Å². The molecule has 10 heteroatoms. The first-order valence-corrected chi connectivity index (χ1v) is 11.8. The number of nitrogens with one attached hydrogen (secondary N) is 3. The minimum Gasteiger partial charge on any atom is -0.493 e. The van der Waals surface area contributed by atoms with Gasteiger partial charge in [-0.05, 0) is 54.4 Å². The topological polar surface area (TPSA) is 102 Å². The number of nitrogens with zero attached hydrogens (tertiary/aromatic N) is 1. The summed E-state index contributed by atoms with van der Waals surface area (Å²) in [7, 11) is 3.12. The van der Waals surface area contributed by atoms with Crippen molar-refractivity contribution in [1.29, 1.82) is 0 Å². The van der Waals surface area contributed by atoms with Crippen LogP contribution < -0.4 is 25.4 Å². The molecule has 0 unspecified atom stereocenters. The second kappa shape index (κ2) is 10.6. The fourth-order valence-electron chi connectivity index (χ4n) is 3.41. The van der Waals surface area contributed by atoms with E-state index < -0.39 is 6.03 Å². The van der Waals surface area contributed by atoms with Crippen LogP contribution in [0.1, 0.15) is 21.5 Å². The van der Waals surface area contributed by atoms with Crippen molar-refractivity contribution >= 4 is 55.9 Å². The Hall–Kier alpha value is -3.82. The quantitative estimate of drug-likeness (QED) is 0.289. The van der Waals surface area contributed by atoms with Crippen LogP contribution in [0.2, 0.25) is 5.02 Å². The van der Waals surface area contributed by atoms with Crippen molar-refractivity contribution in [3.8, 4) is 11.5 Å². The molecule has 3 aromatic carbocycles. The van der Waals surface area contributed by atoms with Gasteiger partial charge in [0, 0.05) is 12.1 Å². The molecule has 0 saturated heterocycles. The third kappa shape index (κ3) is 5.64. The van der Waals surface area contributed by atoms with E-state index in [9.17, 15) is 9.59 Å². The van der Waals surface area contributed by atoms with Gasteiger partial charge in [-0.1, -0.05) is 41.1 Å². The zero-order valence-corrected chi connectivity index (χ0v) is 20.8. The second-order valence-electron chi connectivity index (χ2n) is 7.58. The number of hydrogen-bond donors (Lipinski definition) is 3. The number of anilines is 2. The number of para-hydroxylation sites is 1. The first-order valence-electron chi connectivity index (χ1n) is 10.6. The van der Waals surface area contributed by atoms with Gasteiger partial charge >= 0.3 is 6.03 Å². The summed E-state index contributed by atoms with van der Waals surface area (Å²) < 4.78 is 11.3. The molecule has 3 amide bonds. The summed E-state index contributed by atoms with van der Waals surface area (Å²) in [5.74, 6) is 0.923. The monoisotopic (exact) mass is 510 g/mol. The van der Waals surface area contributed by atoms with E-state index in [2.05, 4.69) is 20.9 Å². The number of amides is 3. The molecule has 0 fully saturated rings. The number of carbonyl (C=O) groups excluding carboxylic acids is 2. The van der Waals surface area contributed by atoms with Crippen LogP contribution in [-0.2, 0) is 6.54 Å². The fourth-order valence-corrected chi connectivity index (χ4v) is 4.58. The van der Waals surface area contributed by atoms with E-state index in [1.807, 2.05) is 25.1 Å². The summed E-state index contributed by atoms with van der Waals surface area (Å²) >= 11 is 7.50. The van der Waals surface area contributed by atoms with Crippen molar-refractivity contribution in [3.63, 3.8) is 0 Å². The van der Waals surface area contributed by atoms with E-state index in [0.717, 1.165) is 15.8 Å². The SMILES string of the molecule is COc1ccc(CNC(=O)Nc2nc3ccc(C(=O)Nc4c(C)cccc4Cl)cc3s2)cc1OC. The van der Waals surface area contributed by atoms with Crippen molar-refractivity contribution in [2.45, 2.75) is 13.5 Å². The van der Waals surface area contributed by atoms with Crippen LogP contribution in [0.3, 0.4) is 0 Å². The highest BCUT2D eigenvalue weighted by Gasteiger charge is 2.14. The molecule has 0 bridgehead atoms. The summed E-state index contributed by atoms with van der Waals surface area (Å²) in [5.41, 5.74) is 3.44. The highest BCUT2D eigenvalue weighted by Crippen LogP contribution is 2.30. The Kier molecular flexibility index (Phi) is 7.38. The zero-order valence-electron chi connectivity index (χ0n) is 19.3. The number of rotatable bonds is 7. The molecule has 0 radical (unpaired) electrons. The molecule has 0 aliphatic heterocycles. The average molecular weight is 511 g/mol. The summed E-state index contributed by atoms with van der Waals surface area (Å²) in [4.78, 5) is 29.6. The zero-order chi connectivity index (χ0) is 24.9. The number of carbonyl (C=O) groups is 2. The van der Waals surface area contributed by atoms with E-state index >= 15 is 0 Å². The van der Waals surface area contributed by atoms with E-state index in [0.29, 0.717) is 45.0 Å². The van der Waals surface area contributed by atoms with Gasteiger partial charge < -0.3 is 20.1 Å². The third-order valence-corrected chi connectivity index (χ3v) is 6.48. The molecule has 1 aromatic heterocycles. The Morgan fingerprint density at radius 3 is 2.54 bits per heavy atom.